The lowest BCUT2D eigenvalue weighted by molar-refractivity contribution is 0.0601. The van der Waals surface area contributed by atoms with Crippen molar-refractivity contribution < 1.29 is 9.53 Å². The highest BCUT2D eigenvalue weighted by Crippen LogP contribution is 2.36. The summed E-state index contributed by atoms with van der Waals surface area (Å²) in [7, 11) is 1.40. The number of hydrogen-bond donors (Lipinski definition) is 1. The van der Waals surface area contributed by atoms with Gasteiger partial charge < -0.3 is 14.6 Å². The third-order valence-corrected chi connectivity index (χ3v) is 7.63. The zero-order valence-electron chi connectivity index (χ0n) is 21.4. The Morgan fingerprint density at radius 3 is 2.65 bits per heavy atom. The van der Waals surface area contributed by atoms with Crippen molar-refractivity contribution in [2.75, 3.05) is 19.0 Å². The van der Waals surface area contributed by atoms with E-state index in [0.29, 0.717) is 5.56 Å². The number of hydrogen-bond acceptors (Lipinski definition) is 6. The minimum Gasteiger partial charge on any atom is -0.465 e. The van der Waals surface area contributed by atoms with E-state index >= 15 is 0 Å². The molecule has 37 heavy (non-hydrogen) atoms. The molecule has 2 aromatic heterocycles. The Hall–Kier alpha value is -3.71. The standard InChI is InChI=1S/C30H32N4O2S/c1-3-4-8-19-34-26-17-16-22(29(35)36-2)20-25(26)32-28(34)23-14-9-15-24-27(23)37-30(33-24)31-18-10-13-21-11-6-5-7-12-21/h5-7,9,11-12,14-17,20H,3-4,8,10,13,18-19H2,1-2H3,(H,31,33). The molecule has 6 nitrogen and oxygen atoms in total. The highest BCUT2D eigenvalue weighted by Gasteiger charge is 2.18. The molecule has 0 spiro atoms. The molecular formula is C30H32N4O2S. The minimum atomic E-state index is -0.350. The van der Waals surface area contributed by atoms with Crippen molar-refractivity contribution >= 4 is 43.7 Å². The largest absolute Gasteiger partial charge is 0.465 e. The Labute approximate surface area is 221 Å². The maximum atomic E-state index is 12.1. The van der Waals surface area contributed by atoms with Gasteiger partial charge in [0, 0.05) is 18.7 Å². The van der Waals surface area contributed by atoms with E-state index in [9.17, 15) is 4.79 Å². The summed E-state index contributed by atoms with van der Waals surface area (Å²) in [6.07, 6.45) is 5.46. The van der Waals surface area contributed by atoms with E-state index in [1.807, 2.05) is 24.3 Å². The van der Waals surface area contributed by atoms with Crippen LogP contribution in [0.25, 0.3) is 32.6 Å². The lowest BCUT2D eigenvalue weighted by atomic mass is 10.1. The fourth-order valence-corrected chi connectivity index (χ4v) is 5.66. The van der Waals surface area contributed by atoms with Crippen LogP contribution in [0.5, 0.6) is 0 Å². The number of rotatable bonds is 11. The van der Waals surface area contributed by atoms with Crippen LogP contribution < -0.4 is 5.32 Å². The first-order chi connectivity index (χ1) is 18.2. The first-order valence-electron chi connectivity index (χ1n) is 12.9. The van der Waals surface area contributed by atoms with Gasteiger partial charge in [0.15, 0.2) is 5.13 Å². The number of aromatic nitrogens is 3. The number of imidazole rings is 1. The SMILES string of the molecule is CCCCCn1c(-c2cccc3nc(NCCCc4ccccc4)sc23)nc2cc(C(=O)OC)ccc21. The van der Waals surface area contributed by atoms with E-state index in [0.717, 1.165) is 83.0 Å². The second kappa shape index (κ2) is 11.6. The van der Waals surface area contributed by atoms with Crippen molar-refractivity contribution in [3.8, 4) is 11.4 Å². The molecule has 7 heteroatoms. The topological polar surface area (TPSA) is 69.0 Å². The summed E-state index contributed by atoms with van der Waals surface area (Å²) < 4.78 is 8.33. The van der Waals surface area contributed by atoms with E-state index in [4.69, 9.17) is 14.7 Å². The van der Waals surface area contributed by atoms with Gasteiger partial charge in [-0.05, 0) is 55.2 Å². The molecule has 5 rings (SSSR count). The Bertz CT molecular complexity index is 1510. The minimum absolute atomic E-state index is 0.350. The number of anilines is 1. The van der Waals surface area contributed by atoms with Crippen LogP contribution in [-0.2, 0) is 17.7 Å². The van der Waals surface area contributed by atoms with Crippen molar-refractivity contribution in [3.05, 3.63) is 77.9 Å². The zero-order valence-corrected chi connectivity index (χ0v) is 22.2. The number of thiazole rings is 1. The Morgan fingerprint density at radius 1 is 0.973 bits per heavy atom. The van der Waals surface area contributed by atoms with Crippen molar-refractivity contribution in [3.63, 3.8) is 0 Å². The summed E-state index contributed by atoms with van der Waals surface area (Å²) in [4.78, 5) is 22.0. The van der Waals surface area contributed by atoms with Gasteiger partial charge >= 0.3 is 5.97 Å². The van der Waals surface area contributed by atoms with E-state index in [2.05, 4.69) is 59.3 Å². The molecule has 0 aliphatic heterocycles. The molecule has 0 amide bonds. The number of methoxy groups -OCH3 is 1. The smallest absolute Gasteiger partial charge is 0.337 e. The highest BCUT2D eigenvalue weighted by molar-refractivity contribution is 7.22. The number of nitrogens with one attached hydrogen (secondary N) is 1. The summed E-state index contributed by atoms with van der Waals surface area (Å²) in [6, 6.07) is 22.4. The van der Waals surface area contributed by atoms with E-state index < -0.39 is 0 Å². The maximum absolute atomic E-state index is 12.1. The van der Waals surface area contributed by atoms with Crippen molar-refractivity contribution in [2.45, 2.75) is 45.6 Å². The molecule has 0 fully saturated rings. The number of esters is 1. The average Bonchev–Trinajstić information content (AvgIpc) is 3.52. The summed E-state index contributed by atoms with van der Waals surface area (Å²) in [5.41, 5.74) is 5.73. The van der Waals surface area contributed by atoms with Gasteiger partial charge in [0.05, 0.1) is 33.9 Å². The number of carbonyl (C=O) groups excluding carboxylic acids is 1. The number of nitrogens with zero attached hydrogens (tertiary/aromatic N) is 3. The lowest BCUT2D eigenvalue weighted by Crippen LogP contribution is -2.02. The normalized spacial score (nSPS) is 11.3. The van der Waals surface area contributed by atoms with Crippen LogP contribution in [0.2, 0.25) is 0 Å². The molecule has 0 radical (unpaired) electrons. The molecule has 0 saturated heterocycles. The highest BCUT2D eigenvalue weighted by atomic mass is 32.1. The predicted octanol–water partition coefficient (Wildman–Crippen LogP) is 7.33. The number of unbranched alkanes of at least 4 members (excludes halogenated alkanes) is 2. The van der Waals surface area contributed by atoms with Crippen LogP contribution in [0, 0.1) is 0 Å². The molecule has 0 unspecified atom stereocenters. The van der Waals surface area contributed by atoms with Gasteiger partial charge in [-0.15, -0.1) is 0 Å². The molecule has 1 N–H and O–H groups in total. The second-order valence-electron chi connectivity index (χ2n) is 9.18. The fourth-order valence-electron chi connectivity index (χ4n) is 4.66. The molecule has 0 atom stereocenters. The average molecular weight is 513 g/mol. The van der Waals surface area contributed by atoms with Crippen LogP contribution in [0.15, 0.2) is 66.7 Å². The van der Waals surface area contributed by atoms with Crippen LogP contribution in [0.4, 0.5) is 5.13 Å². The number of fused-ring (bicyclic) bond motifs is 2. The second-order valence-corrected chi connectivity index (χ2v) is 10.2. The van der Waals surface area contributed by atoms with Crippen LogP contribution >= 0.6 is 11.3 Å². The molecule has 0 aliphatic rings. The summed E-state index contributed by atoms with van der Waals surface area (Å²) in [5.74, 6) is 0.564. The maximum Gasteiger partial charge on any atom is 0.337 e. The summed E-state index contributed by atoms with van der Waals surface area (Å²) >= 11 is 1.67. The van der Waals surface area contributed by atoms with Gasteiger partial charge in [-0.3, -0.25) is 0 Å². The molecule has 5 aromatic rings. The van der Waals surface area contributed by atoms with E-state index in [1.54, 1.807) is 11.3 Å². The van der Waals surface area contributed by atoms with Gasteiger partial charge in [0.2, 0.25) is 0 Å². The molecule has 0 saturated carbocycles. The molecule has 190 valence electrons. The van der Waals surface area contributed by atoms with E-state index in [-0.39, 0.29) is 5.97 Å². The number of carbonyl (C=O) groups is 1. The fraction of sp³-hybridized carbons (Fsp3) is 0.300. The van der Waals surface area contributed by atoms with Gasteiger partial charge in [-0.25, -0.2) is 14.8 Å². The van der Waals surface area contributed by atoms with Gasteiger partial charge in [-0.1, -0.05) is 67.5 Å². The predicted molar refractivity (Wildman–Crippen MR) is 152 cm³/mol. The first-order valence-corrected chi connectivity index (χ1v) is 13.8. The van der Waals surface area contributed by atoms with Crippen molar-refractivity contribution in [1.82, 2.24) is 14.5 Å². The van der Waals surface area contributed by atoms with Crippen molar-refractivity contribution in [2.24, 2.45) is 0 Å². The van der Waals surface area contributed by atoms with Crippen LogP contribution in [0.3, 0.4) is 0 Å². The van der Waals surface area contributed by atoms with Crippen LogP contribution in [0.1, 0.15) is 48.5 Å². The molecule has 2 heterocycles. The van der Waals surface area contributed by atoms with E-state index in [1.165, 1.54) is 12.7 Å². The molecule has 3 aromatic carbocycles. The number of benzene rings is 3. The monoisotopic (exact) mass is 512 g/mol. The molecular weight excluding hydrogens is 480 g/mol. The number of aryl methyl sites for hydroxylation is 2. The Morgan fingerprint density at radius 2 is 1.84 bits per heavy atom. The lowest BCUT2D eigenvalue weighted by Gasteiger charge is -2.10. The van der Waals surface area contributed by atoms with Crippen LogP contribution in [-0.4, -0.2) is 34.2 Å². The van der Waals surface area contributed by atoms with Crippen molar-refractivity contribution in [1.29, 1.82) is 0 Å². The molecule has 0 bridgehead atoms. The Balaban J connectivity index is 1.45. The first kappa shape index (κ1) is 25.0. The van der Waals surface area contributed by atoms with Gasteiger partial charge in [0.1, 0.15) is 5.82 Å². The summed E-state index contributed by atoms with van der Waals surface area (Å²) in [6.45, 7) is 3.95. The quantitative estimate of drug-likeness (QED) is 0.148. The number of ether oxygens (including phenoxy) is 1. The summed E-state index contributed by atoms with van der Waals surface area (Å²) in [5, 5.41) is 4.45. The zero-order chi connectivity index (χ0) is 25.6. The van der Waals surface area contributed by atoms with Gasteiger partial charge in [0.25, 0.3) is 0 Å². The Kier molecular flexibility index (Phi) is 7.80. The third-order valence-electron chi connectivity index (χ3n) is 6.57. The molecule has 0 aliphatic carbocycles. The third kappa shape index (κ3) is 5.52. The van der Waals surface area contributed by atoms with Gasteiger partial charge in [-0.2, -0.15) is 0 Å².